The summed E-state index contributed by atoms with van der Waals surface area (Å²) in [6, 6.07) is 0.496. The second-order valence-electron chi connectivity index (χ2n) is 5.40. The van der Waals surface area contributed by atoms with Gasteiger partial charge in [-0.1, -0.05) is 13.8 Å². The summed E-state index contributed by atoms with van der Waals surface area (Å²) in [7, 11) is 0. The standard InChI is InChI=1S/C13H28N2O/c1-10(2)9-15(11(3)4)13(16)8-6-7-12(5)14/h10-12H,6-9,14H2,1-5H3. The quantitative estimate of drug-likeness (QED) is 0.727. The molecule has 16 heavy (non-hydrogen) atoms. The van der Waals surface area contributed by atoms with Crippen molar-refractivity contribution in [2.24, 2.45) is 11.7 Å². The van der Waals surface area contributed by atoms with E-state index in [4.69, 9.17) is 5.73 Å². The van der Waals surface area contributed by atoms with Crippen molar-refractivity contribution in [2.75, 3.05) is 6.54 Å². The third-order valence-corrected chi connectivity index (χ3v) is 2.56. The zero-order chi connectivity index (χ0) is 12.7. The summed E-state index contributed by atoms with van der Waals surface area (Å²) in [5, 5.41) is 0. The number of amides is 1. The molecular formula is C13H28N2O. The summed E-state index contributed by atoms with van der Waals surface area (Å²) in [4.78, 5) is 14.0. The molecule has 3 heteroatoms. The van der Waals surface area contributed by atoms with E-state index in [1.54, 1.807) is 0 Å². The molecule has 0 bridgehead atoms. The van der Waals surface area contributed by atoms with Gasteiger partial charge in [0.1, 0.15) is 0 Å². The van der Waals surface area contributed by atoms with Crippen LogP contribution in [0.2, 0.25) is 0 Å². The lowest BCUT2D eigenvalue weighted by atomic mass is 10.1. The van der Waals surface area contributed by atoms with E-state index in [1.807, 2.05) is 11.8 Å². The van der Waals surface area contributed by atoms with Gasteiger partial charge in [-0.15, -0.1) is 0 Å². The molecule has 0 rings (SSSR count). The smallest absolute Gasteiger partial charge is 0.222 e. The Kier molecular flexibility index (Phi) is 7.39. The van der Waals surface area contributed by atoms with Gasteiger partial charge in [-0.05, 0) is 39.5 Å². The molecule has 1 unspecified atom stereocenters. The number of nitrogens with zero attached hydrogens (tertiary/aromatic N) is 1. The Bertz CT molecular complexity index is 200. The lowest BCUT2D eigenvalue weighted by Gasteiger charge is -2.28. The predicted molar refractivity (Wildman–Crippen MR) is 69.2 cm³/mol. The van der Waals surface area contributed by atoms with Crippen molar-refractivity contribution >= 4 is 5.91 Å². The van der Waals surface area contributed by atoms with E-state index >= 15 is 0 Å². The maximum absolute atomic E-state index is 12.0. The first-order valence-electron chi connectivity index (χ1n) is 6.39. The van der Waals surface area contributed by atoms with E-state index in [0.29, 0.717) is 18.4 Å². The first kappa shape index (κ1) is 15.4. The molecule has 0 aliphatic carbocycles. The van der Waals surface area contributed by atoms with E-state index in [9.17, 15) is 4.79 Å². The molecule has 0 aromatic carbocycles. The minimum Gasteiger partial charge on any atom is -0.340 e. The highest BCUT2D eigenvalue weighted by molar-refractivity contribution is 5.76. The molecule has 96 valence electrons. The zero-order valence-corrected chi connectivity index (χ0v) is 11.5. The van der Waals surface area contributed by atoms with Crippen LogP contribution in [0.1, 0.15) is 53.9 Å². The molecular weight excluding hydrogens is 200 g/mol. The average molecular weight is 228 g/mol. The lowest BCUT2D eigenvalue weighted by Crippen LogP contribution is -2.39. The molecule has 0 saturated carbocycles. The lowest BCUT2D eigenvalue weighted by molar-refractivity contribution is -0.133. The molecule has 0 aliphatic rings. The third kappa shape index (κ3) is 6.83. The highest BCUT2D eigenvalue weighted by atomic mass is 16.2. The molecule has 1 atom stereocenters. The van der Waals surface area contributed by atoms with E-state index in [1.165, 1.54) is 0 Å². The summed E-state index contributed by atoms with van der Waals surface area (Å²) in [5.41, 5.74) is 5.67. The Morgan fingerprint density at radius 1 is 1.19 bits per heavy atom. The molecule has 0 aromatic rings. The van der Waals surface area contributed by atoms with E-state index in [0.717, 1.165) is 19.4 Å². The Morgan fingerprint density at radius 3 is 2.12 bits per heavy atom. The maximum Gasteiger partial charge on any atom is 0.222 e. The fraction of sp³-hybridized carbons (Fsp3) is 0.923. The van der Waals surface area contributed by atoms with Gasteiger partial charge >= 0.3 is 0 Å². The molecule has 0 fully saturated rings. The Labute approximate surface area is 100 Å². The third-order valence-electron chi connectivity index (χ3n) is 2.56. The largest absolute Gasteiger partial charge is 0.340 e. The van der Waals surface area contributed by atoms with Crippen molar-refractivity contribution in [2.45, 2.75) is 66.0 Å². The van der Waals surface area contributed by atoms with E-state index in [2.05, 4.69) is 27.7 Å². The van der Waals surface area contributed by atoms with Gasteiger partial charge in [-0.2, -0.15) is 0 Å². The number of carbonyl (C=O) groups is 1. The summed E-state index contributed by atoms with van der Waals surface area (Å²) < 4.78 is 0. The van der Waals surface area contributed by atoms with Gasteiger partial charge in [-0.3, -0.25) is 4.79 Å². The Morgan fingerprint density at radius 2 is 1.75 bits per heavy atom. The summed E-state index contributed by atoms with van der Waals surface area (Å²) in [6.07, 6.45) is 2.46. The molecule has 0 aliphatic heterocycles. The zero-order valence-electron chi connectivity index (χ0n) is 11.5. The topological polar surface area (TPSA) is 46.3 Å². The van der Waals surface area contributed by atoms with Crippen LogP contribution in [-0.2, 0) is 4.79 Å². The van der Waals surface area contributed by atoms with Crippen molar-refractivity contribution < 1.29 is 4.79 Å². The molecule has 1 amide bonds. The SMILES string of the molecule is CC(C)CN(C(=O)CCCC(C)N)C(C)C. The van der Waals surface area contributed by atoms with E-state index < -0.39 is 0 Å². The number of hydrogen-bond donors (Lipinski definition) is 1. The van der Waals surface area contributed by atoms with Crippen LogP contribution in [0.4, 0.5) is 0 Å². The summed E-state index contributed by atoms with van der Waals surface area (Å²) in [5.74, 6) is 0.795. The van der Waals surface area contributed by atoms with Gasteiger partial charge in [0.15, 0.2) is 0 Å². The van der Waals surface area contributed by atoms with E-state index in [-0.39, 0.29) is 11.9 Å². The predicted octanol–water partition coefficient (Wildman–Crippen LogP) is 2.40. The van der Waals surface area contributed by atoms with Gasteiger partial charge in [0.25, 0.3) is 0 Å². The van der Waals surface area contributed by atoms with Crippen molar-refractivity contribution in [3.05, 3.63) is 0 Å². The summed E-state index contributed by atoms with van der Waals surface area (Å²) >= 11 is 0. The Hall–Kier alpha value is -0.570. The van der Waals surface area contributed by atoms with Crippen molar-refractivity contribution in [3.8, 4) is 0 Å². The first-order valence-corrected chi connectivity index (χ1v) is 6.39. The van der Waals surface area contributed by atoms with Crippen LogP contribution in [0.3, 0.4) is 0 Å². The molecule has 0 aromatic heterocycles. The van der Waals surface area contributed by atoms with Crippen LogP contribution in [0.15, 0.2) is 0 Å². The average Bonchev–Trinajstić information content (AvgIpc) is 2.12. The molecule has 2 N–H and O–H groups in total. The van der Waals surface area contributed by atoms with Gasteiger partial charge in [-0.25, -0.2) is 0 Å². The number of hydrogen-bond acceptors (Lipinski definition) is 2. The maximum atomic E-state index is 12.0. The fourth-order valence-electron chi connectivity index (χ4n) is 1.71. The number of carbonyl (C=O) groups excluding carboxylic acids is 1. The van der Waals surface area contributed by atoms with Crippen LogP contribution in [0, 0.1) is 5.92 Å². The van der Waals surface area contributed by atoms with Crippen LogP contribution in [-0.4, -0.2) is 29.4 Å². The van der Waals surface area contributed by atoms with Gasteiger partial charge < -0.3 is 10.6 Å². The van der Waals surface area contributed by atoms with Crippen molar-refractivity contribution in [1.29, 1.82) is 0 Å². The normalized spacial score (nSPS) is 13.2. The minimum absolute atomic E-state index is 0.199. The van der Waals surface area contributed by atoms with Gasteiger partial charge in [0.05, 0.1) is 0 Å². The summed E-state index contributed by atoms with van der Waals surface area (Å²) in [6.45, 7) is 11.3. The Balaban J connectivity index is 4.07. The van der Waals surface area contributed by atoms with Crippen molar-refractivity contribution in [1.82, 2.24) is 4.90 Å². The molecule has 0 heterocycles. The molecule has 3 nitrogen and oxygen atoms in total. The van der Waals surface area contributed by atoms with Crippen LogP contribution in [0.5, 0.6) is 0 Å². The van der Waals surface area contributed by atoms with Crippen LogP contribution < -0.4 is 5.73 Å². The minimum atomic E-state index is 0.199. The second-order valence-corrected chi connectivity index (χ2v) is 5.40. The molecule has 0 saturated heterocycles. The highest BCUT2D eigenvalue weighted by Gasteiger charge is 2.17. The monoisotopic (exact) mass is 228 g/mol. The van der Waals surface area contributed by atoms with Crippen LogP contribution in [0.25, 0.3) is 0 Å². The number of nitrogens with two attached hydrogens (primary N) is 1. The first-order chi connectivity index (χ1) is 7.34. The highest BCUT2D eigenvalue weighted by Crippen LogP contribution is 2.09. The van der Waals surface area contributed by atoms with Crippen molar-refractivity contribution in [3.63, 3.8) is 0 Å². The molecule has 0 radical (unpaired) electrons. The van der Waals surface area contributed by atoms with Gasteiger partial charge in [0, 0.05) is 25.0 Å². The van der Waals surface area contributed by atoms with Crippen LogP contribution >= 0.6 is 0 Å². The number of rotatable bonds is 7. The molecule has 0 spiro atoms. The second kappa shape index (κ2) is 7.66. The fourth-order valence-corrected chi connectivity index (χ4v) is 1.71. The van der Waals surface area contributed by atoms with Gasteiger partial charge in [0.2, 0.25) is 5.91 Å².